The highest BCUT2D eigenvalue weighted by atomic mass is 35.5. The van der Waals surface area contributed by atoms with Crippen molar-refractivity contribution in [1.29, 1.82) is 0 Å². The maximum atomic E-state index is 12.6. The molecule has 0 atom stereocenters. The van der Waals surface area contributed by atoms with Gasteiger partial charge in [0.05, 0.1) is 31.3 Å². The molecule has 0 radical (unpaired) electrons. The zero-order chi connectivity index (χ0) is 24.6. The Labute approximate surface area is 210 Å². The molecule has 0 saturated carbocycles. The van der Waals surface area contributed by atoms with Gasteiger partial charge in [0.1, 0.15) is 5.82 Å². The number of hydrogen-bond donors (Lipinski definition) is 1. The summed E-state index contributed by atoms with van der Waals surface area (Å²) < 4.78 is 13.6. The molecule has 0 bridgehead atoms. The van der Waals surface area contributed by atoms with Crippen molar-refractivity contribution < 1.29 is 14.3 Å². The van der Waals surface area contributed by atoms with Crippen LogP contribution in [0.3, 0.4) is 0 Å². The Morgan fingerprint density at radius 1 is 1.09 bits per heavy atom. The van der Waals surface area contributed by atoms with Crippen LogP contribution >= 0.6 is 11.6 Å². The number of nitrogens with zero attached hydrogens (tertiary/aromatic N) is 2. The van der Waals surface area contributed by atoms with Gasteiger partial charge in [0.25, 0.3) is 5.91 Å². The van der Waals surface area contributed by atoms with Crippen molar-refractivity contribution in [2.45, 2.75) is 26.4 Å². The zero-order valence-corrected chi connectivity index (χ0v) is 20.6. The first kappa shape index (κ1) is 24.4. The van der Waals surface area contributed by atoms with Gasteiger partial charge >= 0.3 is 0 Å². The fourth-order valence-corrected chi connectivity index (χ4v) is 4.10. The number of aryl methyl sites for hydroxylation is 1. The van der Waals surface area contributed by atoms with Gasteiger partial charge in [-0.15, -0.1) is 0 Å². The number of carbonyl (C=O) groups excluding carboxylic acids is 1. The van der Waals surface area contributed by atoms with Crippen molar-refractivity contribution >= 4 is 34.6 Å². The summed E-state index contributed by atoms with van der Waals surface area (Å²) >= 11 is 6.02. The SMILES string of the molecule is C/C=C/c1ccc(OCCCn2c(CNC(=O)c3cccc(Cl)c3)nc3ccccc32)c(OC)c1. The number of benzene rings is 3. The van der Waals surface area contributed by atoms with E-state index in [-0.39, 0.29) is 5.91 Å². The molecule has 1 N–H and O–H groups in total. The second-order valence-electron chi connectivity index (χ2n) is 7.97. The molecule has 3 aromatic carbocycles. The number of halogens is 1. The number of carbonyl (C=O) groups is 1. The summed E-state index contributed by atoms with van der Waals surface area (Å²) in [4.78, 5) is 17.3. The zero-order valence-electron chi connectivity index (χ0n) is 19.8. The summed E-state index contributed by atoms with van der Waals surface area (Å²) in [6.07, 6.45) is 4.76. The van der Waals surface area contributed by atoms with Gasteiger partial charge in [0.15, 0.2) is 11.5 Å². The number of aromatic nitrogens is 2. The van der Waals surface area contributed by atoms with E-state index in [9.17, 15) is 4.79 Å². The number of allylic oxidation sites excluding steroid dienone is 1. The van der Waals surface area contributed by atoms with Gasteiger partial charge in [-0.1, -0.05) is 48.0 Å². The van der Waals surface area contributed by atoms with E-state index in [1.54, 1.807) is 31.4 Å². The molecule has 0 saturated heterocycles. The molecular weight excluding hydrogens is 462 g/mol. The highest BCUT2D eigenvalue weighted by Gasteiger charge is 2.13. The first-order chi connectivity index (χ1) is 17.1. The van der Waals surface area contributed by atoms with Gasteiger partial charge in [0, 0.05) is 17.1 Å². The van der Waals surface area contributed by atoms with E-state index in [0.717, 1.165) is 28.8 Å². The van der Waals surface area contributed by atoms with Crippen LogP contribution in [-0.4, -0.2) is 29.2 Å². The van der Waals surface area contributed by atoms with Crippen molar-refractivity contribution in [2.24, 2.45) is 0 Å². The van der Waals surface area contributed by atoms with Crippen LogP contribution < -0.4 is 14.8 Å². The van der Waals surface area contributed by atoms with E-state index in [1.165, 1.54) is 0 Å². The molecule has 4 rings (SSSR count). The number of fused-ring (bicyclic) bond motifs is 1. The Hall–Kier alpha value is -3.77. The van der Waals surface area contributed by atoms with Gasteiger partial charge in [-0.3, -0.25) is 4.79 Å². The third-order valence-corrected chi connectivity index (χ3v) is 5.79. The van der Waals surface area contributed by atoms with E-state index in [4.69, 9.17) is 26.1 Å². The van der Waals surface area contributed by atoms with Crippen LogP contribution in [0.25, 0.3) is 17.1 Å². The predicted octanol–water partition coefficient (Wildman–Crippen LogP) is 6.13. The maximum Gasteiger partial charge on any atom is 0.251 e. The van der Waals surface area contributed by atoms with Crippen LogP contribution in [-0.2, 0) is 13.1 Å². The number of methoxy groups -OCH3 is 1. The fourth-order valence-electron chi connectivity index (χ4n) is 3.91. The molecule has 4 aromatic rings. The number of para-hydroxylation sites is 2. The molecule has 0 aliphatic carbocycles. The van der Waals surface area contributed by atoms with Crippen LogP contribution in [0.5, 0.6) is 11.5 Å². The van der Waals surface area contributed by atoms with Crippen molar-refractivity contribution in [1.82, 2.24) is 14.9 Å². The largest absolute Gasteiger partial charge is 0.493 e. The minimum atomic E-state index is -0.192. The quantitative estimate of drug-likeness (QED) is 0.272. The van der Waals surface area contributed by atoms with E-state index >= 15 is 0 Å². The van der Waals surface area contributed by atoms with Gasteiger partial charge in [-0.2, -0.15) is 0 Å². The van der Waals surface area contributed by atoms with E-state index in [0.29, 0.717) is 41.8 Å². The van der Waals surface area contributed by atoms with Crippen LogP contribution in [0.2, 0.25) is 5.02 Å². The second-order valence-corrected chi connectivity index (χ2v) is 8.41. The van der Waals surface area contributed by atoms with Crippen molar-refractivity contribution in [3.8, 4) is 11.5 Å². The molecule has 180 valence electrons. The van der Waals surface area contributed by atoms with E-state index < -0.39 is 0 Å². The summed E-state index contributed by atoms with van der Waals surface area (Å²) in [5.74, 6) is 2.01. The molecule has 1 aromatic heterocycles. The fraction of sp³-hybridized carbons (Fsp3) is 0.214. The first-order valence-electron chi connectivity index (χ1n) is 11.5. The van der Waals surface area contributed by atoms with E-state index in [1.807, 2.05) is 61.5 Å². The number of ether oxygens (including phenoxy) is 2. The molecule has 6 nitrogen and oxygen atoms in total. The average molecular weight is 490 g/mol. The van der Waals surface area contributed by atoms with Crippen molar-refractivity contribution in [3.05, 3.63) is 94.8 Å². The number of imidazole rings is 1. The van der Waals surface area contributed by atoms with Gasteiger partial charge in [0.2, 0.25) is 0 Å². The third-order valence-electron chi connectivity index (χ3n) is 5.56. The van der Waals surface area contributed by atoms with Crippen LogP contribution in [0, 0.1) is 0 Å². The Morgan fingerprint density at radius 3 is 2.74 bits per heavy atom. The Morgan fingerprint density at radius 2 is 1.94 bits per heavy atom. The topological polar surface area (TPSA) is 65.4 Å². The van der Waals surface area contributed by atoms with Crippen molar-refractivity contribution in [3.63, 3.8) is 0 Å². The Bertz CT molecular complexity index is 1350. The number of amides is 1. The molecule has 1 heterocycles. The second kappa shape index (κ2) is 11.6. The summed E-state index contributed by atoms with van der Waals surface area (Å²) in [6.45, 7) is 3.50. The molecule has 0 aliphatic heterocycles. The van der Waals surface area contributed by atoms with Crippen molar-refractivity contribution in [2.75, 3.05) is 13.7 Å². The van der Waals surface area contributed by atoms with Gasteiger partial charge in [-0.05, 0) is 61.4 Å². The molecule has 1 amide bonds. The smallest absolute Gasteiger partial charge is 0.251 e. The lowest BCUT2D eigenvalue weighted by Crippen LogP contribution is -2.25. The van der Waals surface area contributed by atoms with E-state index in [2.05, 4.69) is 9.88 Å². The standard InChI is InChI=1S/C28H28ClN3O3/c1-3-8-20-13-14-25(26(17-20)34-2)35-16-7-15-32-24-12-5-4-11-23(24)31-27(32)19-30-28(33)21-9-6-10-22(29)18-21/h3-6,8-14,17-18H,7,15-16,19H2,1-2H3,(H,30,33)/b8-3+. The number of hydrogen-bond acceptors (Lipinski definition) is 4. The molecular formula is C28H28ClN3O3. The third kappa shape index (κ3) is 6.03. The van der Waals surface area contributed by atoms with Gasteiger partial charge < -0.3 is 19.4 Å². The van der Waals surface area contributed by atoms with Gasteiger partial charge in [-0.25, -0.2) is 4.98 Å². The average Bonchev–Trinajstić information content (AvgIpc) is 3.23. The highest BCUT2D eigenvalue weighted by Crippen LogP contribution is 2.29. The molecule has 7 heteroatoms. The monoisotopic (exact) mass is 489 g/mol. The molecule has 0 fully saturated rings. The van der Waals surface area contributed by atoms with Crippen LogP contribution in [0.4, 0.5) is 0 Å². The van der Waals surface area contributed by atoms with Crippen LogP contribution in [0.15, 0.2) is 72.8 Å². The Kier molecular flexibility index (Phi) is 8.06. The normalized spacial score (nSPS) is 11.2. The lowest BCUT2D eigenvalue weighted by atomic mass is 10.2. The summed E-state index contributed by atoms with van der Waals surface area (Å²) in [6, 6.07) is 20.7. The lowest BCUT2D eigenvalue weighted by Gasteiger charge is -2.13. The minimum Gasteiger partial charge on any atom is -0.493 e. The Balaban J connectivity index is 1.42. The maximum absolute atomic E-state index is 12.6. The predicted molar refractivity (Wildman–Crippen MR) is 140 cm³/mol. The first-order valence-corrected chi connectivity index (χ1v) is 11.9. The summed E-state index contributed by atoms with van der Waals surface area (Å²) in [5.41, 5.74) is 3.49. The summed E-state index contributed by atoms with van der Waals surface area (Å²) in [7, 11) is 1.64. The lowest BCUT2D eigenvalue weighted by molar-refractivity contribution is 0.0949. The molecule has 0 unspecified atom stereocenters. The highest BCUT2D eigenvalue weighted by molar-refractivity contribution is 6.30. The number of nitrogens with one attached hydrogen (secondary N) is 1. The number of rotatable bonds is 10. The molecule has 0 aliphatic rings. The minimum absolute atomic E-state index is 0.192. The molecule has 35 heavy (non-hydrogen) atoms. The van der Waals surface area contributed by atoms with Crippen LogP contribution in [0.1, 0.15) is 35.1 Å². The summed E-state index contributed by atoms with van der Waals surface area (Å²) in [5, 5.41) is 3.48. The molecule has 0 spiro atoms.